The van der Waals surface area contributed by atoms with Gasteiger partial charge in [-0.15, -0.1) is 11.3 Å². The lowest BCUT2D eigenvalue weighted by molar-refractivity contribution is 0.0398. The summed E-state index contributed by atoms with van der Waals surface area (Å²) >= 11 is 0.872. The van der Waals surface area contributed by atoms with E-state index in [4.69, 9.17) is 14.6 Å². The van der Waals surface area contributed by atoms with E-state index in [1.165, 1.54) is 14.2 Å². The average molecular weight is 288 g/mol. The van der Waals surface area contributed by atoms with Crippen LogP contribution in [0.25, 0.3) is 0 Å². The Morgan fingerprint density at radius 1 is 1.26 bits per heavy atom. The number of hydrogen-bond acceptors (Lipinski definition) is 8. The molecule has 1 aliphatic heterocycles. The van der Waals surface area contributed by atoms with Crippen molar-refractivity contribution < 1.29 is 33.6 Å². The molecule has 1 unspecified atom stereocenters. The second-order valence-electron chi connectivity index (χ2n) is 3.64. The molecule has 19 heavy (non-hydrogen) atoms. The van der Waals surface area contributed by atoms with Crippen molar-refractivity contribution in [3.05, 3.63) is 9.75 Å². The minimum atomic E-state index is -0.640. The van der Waals surface area contributed by atoms with Crippen molar-refractivity contribution in [1.82, 2.24) is 0 Å². The Morgan fingerprint density at radius 3 is 2.37 bits per heavy atom. The molecule has 1 aromatic rings. The molecule has 8 heteroatoms. The molecule has 0 aliphatic carbocycles. The monoisotopic (exact) mass is 288 g/mol. The Labute approximate surface area is 112 Å². The van der Waals surface area contributed by atoms with Crippen molar-refractivity contribution in [3.8, 4) is 11.5 Å². The first-order valence-corrected chi connectivity index (χ1v) is 6.17. The summed E-state index contributed by atoms with van der Waals surface area (Å²) in [6.45, 7) is -0.172. The Kier molecular flexibility index (Phi) is 3.91. The summed E-state index contributed by atoms with van der Waals surface area (Å²) in [5, 5.41) is 9.06. The topological polar surface area (TPSA) is 91.3 Å². The van der Waals surface area contributed by atoms with E-state index in [1.807, 2.05) is 0 Å². The highest BCUT2D eigenvalue weighted by Gasteiger charge is 2.35. The van der Waals surface area contributed by atoms with Crippen molar-refractivity contribution in [2.24, 2.45) is 0 Å². The second-order valence-corrected chi connectivity index (χ2v) is 4.66. The third kappa shape index (κ3) is 2.36. The number of hydrogen-bond donors (Lipinski definition) is 1. The lowest BCUT2D eigenvalue weighted by atomic mass is 10.3. The number of fused-ring (bicyclic) bond motifs is 1. The zero-order valence-corrected chi connectivity index (χ0v) is 11.1. The van der Waals surface area contributed by atoms with Gasteiger partial charge in [0, 0.05) is 0 Å². The molecular formula is C11H12O7S. The SMILES string of the molecule is COC(=O)c1sc(C(=O)OC)c2c1OCC(CO)O2. The summed E-state index contributed by atoms with van der Waals surface area (Å²) in [5.74, 6) is -0.995. The lowest BCUT2D eigenvalue weighted by Gasteiger charge is -2.23. The Bertz CT molecular complexity index is 507. The molecule has 104 valence electrons. The number of rotatable bonds is 3. The molecule has 0 radical (unpaired) electrons. The fourth-order valence-corrected chi connectivity index (χ4v) is 2.58. The number of ether oxygens (including phenoxy) is 4. The molecule has 2 heterocycles. The highest BCUT2D eigenvalue weighted by molar-refractivity contribution is 7.16. The highest BCUT2D eigenvalue weighted by Crippen LogP contribution is 2.45. The minimum Gasteiger partial charge on any atom is -0.484 e. The van der Waals surface area contributed by atoms with Gasteiger partial charge in [-0.25, -0.2) is 9.59 Å². The Hall–Kier alpha value is -1.80. The van der Waals surface area contributed by atoms with Gasteiger partial charge in [0.1, 0.15) is 6.61 Å². The quantitative estimate of drug-likeness (QED) is 0.807. The van der Waals surface area contributed by atoms with Crippen LogP contribution in [0.15, 0.2) is 0 Å². The van der Waals surface area contributed by atoms with E-state index in [0.717, 1.165) is 11.3 Å². The van der Waals surface area contributed by atoms with Gasteiger partial charge in [0.25, 0.3) is 0 Å². The van der Waals surface area contributed by atoms with Crippen LogP contribution in [0.5, 0.6) is 11.5 Å². The number of carbonyl (C=O) groups is 2. The zero-order chi connectivity index (χ0) is 14.0. The normalized spacial score (nSPS) is 16.9. The van der Waals surface area contributed by atoms with Crippen LogP contribution in [-0.4, -0.2) is 50.6 Å². The van der Waals surface area contributed by atoms with E-state index < -0.39 is 18.0 Å². The molecule has 1 aromatic heterocycles. The summed E-state index contributed by atoms with van der Waals surface area (Å²) in [6, 6.07) is 0. The van der Waals surface area contributed by atoms with Gasteiger partial charge in [-0.2, -0.15) is 0 Å². The van der Waals surface area contributed by atoms with E-state index in [-0.39, 0.29) is 34.5 Å². The van der Waals surface area contributed by atoms with Crippen LogP contribution in [0.3, 0.4) is 0 Å². The van der Waals surface area contributed by atoms with Crippen LogP contribution < -0.4 is 9.47 Å². The first-order chi connectivity index (χ1) is 9.12. The predicted molar refractivity (Wildman–Crippen MR) is 64.0 cm³/mol. The Morgan fingerprint density at radius 2 is 1.84 bits per heavy atom. The van der Waals surface area contributed by atoms with Crippen LogP contribution in [0.4, 0.5) is 0 Å². The smallest absolute Gasteiger partial charge is 0.352 e. The molecule has 0 fully saturated rings. The summed E-state index contributed by atoms with van der Waals surface area (Å²) in [6.07, 6.45) is -0.587. The van der Waals surface area contributed by atoms with Gasteiger partial charge in [0.2, 0.25) is 0 Å². The van der Waals surface area contributed by atoms with E-state index in [0.29, 0.717) is 0 Å². The van der Waals surface area contributed by atoms with Crippen LogP contribution in [0, 0.1) is 0 Å². The second kappa shape index (κ2) is 5.45. The summed E-state index contributed by atoms with van der Waals surface area (Å²) in [5.41, 5.74) is 0. The molecule has 0 saturated heterocycles. The average Bonchev–Trinajstić information content (AvgIpc) is 2.84. The van der Waals surface area contributed by atoms with Crippen LogP contribution in [0.1, 0.15) is 19.3 Å². The minimum absolute atomic E-state index is 0.0881. The van der Waals surface area contributed by atoms with Crippen molar-refractivity contribution >= 4 is 23.3 Å². The van der Waals surface area contributed by atoms with Gasteiger partial charge in [-0.05, 0) is 0 Å². The molecule has 7 nitrogen and oxygen atoms in total. The molecule has 0 saturated carbocycles. The highest BCUT2D eigenvalue weighted by atomic mass is 32.1. The van der Waals surface area contributed by atoms with E-state index in [1.54, 1.807) is 0 Å². The maximum Gasteiger partial charge on any atom is 0.352 e. The van der Waals surface area contributed by atoms with Crippen LogP contribution in [0.2, 0.25) is 0 Å². The maximum atomic E-state index is 11.6. The Balaban J connectivity index is 2.48. The van der Waals surface area contributed by atoms with Crippen LogP contribution >= 0.6 is 11.3 Å². The van der Waals surface area contributed by atoms with Gasteiger partial charge in [0.05, 0.1) is 20.8 Å². The van der Waals surface area contributed by atoms with E-state index in [2.05, 4.69) is 9.47 Å². The number of carbonyl (C=O) groups excluding carboxylic acids is 2. The first kappa shape index (κ1) is 13.6. The summed E-state index contributed by atoms with van der Waals surface area (Å²) in [7, 11) is 2.45. The van der Waals surface area contributed by atoms with E-state index in [9.17, 15) is 9.59 Å². The first-order valence-electron chi connectivity index (χ1n) is 5.36. The number of methoxy groups -OCH3 is 2. The molecule has 1 N–H and O–H groups in total. The number of thiophene rings is 1. The molecule has 0 amide bonds. The van der Waals surface area contributed by atoms with Crippen molar-refractivity contribution in [2.45, 2.75) is 6.10 Å². The summed E-state index contributed by atoms with van der Waals surface area (Å²) < 4.78 is 20.0. The maximum absolute atomic E-state index is 11.6. The number of aliphatic hydroxyl groups excluding tert-OH is 1. The number of esters is 2. The van der Waals surface area contributed by atoms with Crippen molar-refractivity contribution in [3.63, 3.8) is 0 Å². The fraction of sp³-hybridized carbons (Fsp3) is 0.455. The van der Waals surface area contributed by atoms with Gasteiger partial charge in [-0.3, -0.25) is 0 Å². The third-order valence-corrected chi connectivity index (χ3v) is 3.58. The number of aliphatic hydroxyl groups is 1. The van der Waals surface area contributed by atoms with Gasteiger partial charge >= 0.3 is 11.9 Å². The molecule has 2 rings (SSSR count). The zero-order valence-electron chi connectivity index (χ0n) is 10.3. The molecule has 1 aliphatic rings. The predicted octanol–water partition coefficient (Wildman–Crippen LogP) is 0.453. The molecule has 0 aromatic carbocycles. The van der Waals surface area contributed by atoms with Gasteiger partial charge in [0.15, 0.2) is 27.4 Å². The largest absolute Gasteiger partial charge is 0.484 e. The van der Waals surface area contributed by atoms with Crippen molar-refractivity contribution in [1.29, 1.82) is 0 Å². The molecule has 0 bridgehead atoms. The van der Waals surface area contributed by atoms with Crippen LogP contribution in [-0.2, 0) is 9.47 Å². The molecular weight excluding hydrogens is 276 g/mol. The molecule has 1 atom stereocenters. The summed E-state index contributed by atoms with van der Waals surface area (Å²) in [4.78, 5) is 23.5. The molecule has 0 spiro atoms. The third-order valence-electron chi connectivity index (χ3n) is 2.47. The lowest BCUT2D eigenvalue weighted by Crippen LogP contribution is -2.32. The van der Waals surface area contributed by atoms with Gasteiger partial charge in [-0.1, -0.05) is 0 Å². The fourth-order valence-electron chi connectivity index (χ4n) is 1.56. The standard InChI is InChI=1S/C11H12O7S/c1-15-10(13)8-6-7(9(19-8)11(14)16-2)18-5(3-12)4-17-6/h5,12H,3-4H2,1-2H3. The van der Waals surface area contributed by atoms with Gasteiger partial charge < -0.3 is 24.1 Å². The van der Waals surface area contributed by atoms with Crippen molar-refractivity contribution in [2.75, 3.05) is 27.4 Å². The van der Waals surface area contributed by atoms with E-state index >= 15 is 0 Å².